The molecular formula is C16H19NO5S. The van der Waals surface area contributed by atoms with Gasteiger partial charge in [-0.05, 0) is 49.9 Å². The highest BCUT2D eigenvalue weighted by Crippen LogP contribution is 2.23. The Kier molecular flexibility index (Phi) is 4.52. The average Bonchev–Trinajstić information content (AvgIpc) is 2.54. The number of hydrogen-bond acceptors (Lipinski definition) is 5. The highest BCUT2D eigenvalue weighted by atomic mass is 32.2. The van der Waals surface area contributed by atoms with E-state index in [1.807, 2.05) is 0 Å². The van der Waals surface area contributed by atoms with Gasteiger partial charge < -0.3 is 9.15 Å². The summed E-state index contributed by atoms with van der Waals surface area (Å²) in [6.07, 6.45) is 3.46. The Labute approximate surface area is 134 Å². The Morgan fingerprint density at radius 1 is 1.13 bits per heavy atom. The van der Waals surface area contributed by atoms with Gasteiger partial charge in [-0.1, -0.05) is 0 Å². The van der Waals surface area contributed by atoms with Gasteiger partial charge in [0.25, 0.3) is 0 Å². The quantitative estimate of drug-likeness (QED) is 0.863. The summed E-state index contributed by atoms with van der Waals surface area (Å²) in [5.41, 5.74) is -0.0850. The van der Waals surface area contributed by atoms with Gasteiger partial charge in [0.05, 0.1) is 11.0 Å². The molecule has 23 heavy (non-hydrogen) atoms. The summed E-state index contributed by atoms with van der Waals surface area (Å²) in [4.78, 5) is 11.3. The van der Waals surface area contributed by atoms with E-state index >= 15 is 0 Å². The van der Waals surface area contributed by atoms with Crippen molar-refractivity contribution in [3.05, 3.63) is 40.8 Å². The molecule has 1 aromatic heterocycles. The maximum absolute atomic E-state index is 12.5. The van der Waals surface area contributed by atoms with Crippen LogP contribution in [0.5, 0.6) is 0 Å². The Bertz CT molecular complexity index is 850. The van der Waals surface area contributed by atoms with Crippen molar-refractivity contribution in [2.24, 2.45) is 0 Å². The van der Waals surface area contributed by atoms with Crippen molar-refractivity contribution in [1.82, 2.24) is 4.72 Å². The first-order valence-electron chi connectivity index (χ1n) is 7.57. The van der Waals surface area contributed by atoms with Crippen LogP contribution in [0.15, 0.2) is 44.4 Å². The van der Waals surface area contributed by atoms with Crippen LogP contribution in [0.3, 0.4) is 0 Å². The number of methoxy groups -OCH3 is 1. The van der Waals surface area contributed by atoms with Gasteiger partial charge in [0.1, 0.15) is 5.58 Å². The van der Waals surface area contributed by atoms with E-state index in [2.05, 4.69) is 4.72 Å². The van der Waals surface area contributed by atoms with Gasteiger partial charge in [0.15, 0.2) is 0 Å². The monoisotopic (exact) mass is 337 g/mol. The van der Waals surface area contributed by atoms with Crippen molar-refractivity contribution in [3.63, 3.8) is 0 Å². The molecule has 0 amide bonds. The van der Waals surface area contributed by atoms with E-state index in [9.17, 15) is 13.2 Å². The van der Waals surface area contributed by atoms with Crippen LogP contribution in [0, 0.1) is 0 Å². The van der Waals surface area contributed by atoms with E-state index in [4.69, 9.17) is 9.15 Å². The van der Waals surface area contributed by atoms with Gasteiger partial charge in [0, 0.05) is 24.6 Å². The SMILES string of the molecule is COC1CCC(NS(=O)(=O)c2ccc3oc(=O)ccc3c2)CC1. The highest BCUT2D eigenvalue weighted by molar-refractivity contribution is 7.89. The molecule has 0 unspecified atom stereocenters. The van der Waals surface area contributed by atoms with Crippen LogP contribution in [0.1, 0.15) is 25.7 Å². The van der Waals surface area contributed by atoms with E-state index in [-0.39, 0.29) is 17.0 Å². The number of fused-ring (bicyclic) bond motifs is 1. The second kappa shape index (κ2) is 6.43. The molecule has 1 N–H and O–H groups in total. The highest BCUT2D eigenvalue weighted by Gasteiger charge is 2.25. The molecule has 7 heteroatoms. The number of nitrogens with one attached hydrogen (secondary N) is 1. The largest absolute Gasteiger partial charge is 0.423 e. The first kappa shape index (κ1) is 16.2. The summed E-state index contributed by atoms with van der Waals surface area (Å²) < 4.78 is 38.1. The summed E-state index contributed by atoms with van der Waals surface area (Å²) in [6.45, 7) is 0. The molecule has 0 aliphatic heterocycles. The predicted molar refractivity (Wildman–Crippen MR) is 85.9 cm³/mol. The number of hydrogen-bond donors (Lipinski definition) is 1. The maximum Gasteiger partial charge on any atom is 0.336 e. The zero-order valence-electron chi connectivity index (χ0n) is 12.8. The Morgan fingerprint density at radius 2 is 1.87 bits per heavy atom. The summed E-state index contributed by atoms with van der Waals surface area (Å²) in [6, 6.07) is 7.24. The lowest BCUT2D eigenvalue weighted by Gasteiger charge is -2.28. The minimum Gasteiger partial charge on any atom is -0.423 e. The van der Waals surface area contributed by atoms with E-state index in [0.717, 1.165) is 25.7 Å². The van der Waals surface area contributed by atoms with Crippen LogP contribution in [0.2, 0.25) is 0 Å². The molecule has 0 atom stereocenters. The van der Waals surface area contributed by atoms with Crippen LogP contribution in [0.25, 0.3) is 11.0 Å². The van der Waals surface area contributed by atoms with Gasteiger partial charge in [-0.15, -0.1) is 0 Å². The molecular weight excluding hydrogens is 318 g/mol. The molecule has 0 radical (unpaired) electrons. The normalized spacial score (nSPS) is 22.3. The maximum atomic E-state index is 12.5. The summed E-state index contributed by atoms with van der Waals surface area (Å²) in [7, 11) is -1.91. The Balaban J connectivity index is 1.79. The Morgan fingerprint density at radius 3 is 2.57 bits per heavy atom. The summed E-state index contributed by atoms with van der Waals surface area (Å²) in [5.74, 6) is 0. The van der Waals surface area contributed by atoms with Crippen molar-refractivity contribution in [3.8, 4) is 0 Å². The third-order valence-electron chi connectivity index (χ3n) is 4.23. The van der Waals surface area contributed by atoms with Crippen molar-refractivity contribution >= 4 is 21.0 Å². The third-order valence-corrected chi connectivity index (χ3v) is 5.75. The van der Waals surface area contributed by atoms with Crippen LogP contribution in [-0.4, -0.2) is 27.7 Å². The molecule has 1 aromatic carbocycles. The van der Waals surface area contributed by atoms with Crippen LogP contribution in [-0.2, 0) is 14.8 Å². The average molecular weight is 337 g/mol. The fourth-order valence-corrected chi connectivity index (χ4v) is 4.26. The van der Waals surface area contributed by atoms with Crippen LogP contribution >= 0.6 is 0 Å². The van der Waals surface area contributed by atoms with Gasteiger partial charge >= 0.3 is 5.63 Å². The zero-order valence-corrected chi connectivity index (χ0v) is 13.6. The van der Waals surface area contributed by atoms with Crippen LogP contribution < -0.4 is 10.3 Å². The van der Waals surface area contributed by atoms with Crippen LogP contribution in [0.4, 0.5) is 0 Å². The number of rotatable bonds is 4. The lowest BCUT2D eigenvalue weighted by Crippen LogP contribution is -2.38. The van der Waals surface area contributed by atoms with Gasteiger partial charge in [0.2, 0.25) is 10.0 Å². The van der Waals surface area contributed by atoms with E-state index < -0.39 is 15.6 Å². The molecule has 0 bridgehead atoms. The van der Waals surface area contributed by atoms with Gasteiger partial charge in [-0.25, -0.2) is 17.9 Å². The Hall–Kier alpha value is -1.70. The summed E-state index contributed by atoms with van der Waals surface area (Å²) in [5, 5.41) is 0.579. The van der Waals surface area contributed by atoms with E-state index in [1.165, 1.54) is 24.3 Å². The molecule has 1 aliphatic rings. The standard InChI is InChI=1S/C16H19NO5S/c1-21-13-5-3-12(4-6-13)17-23(19,20)14-7-8-15-11(10-14)2-9-16(18)22-15/h2,7-10,12-13,17H,3-6H2,1H3. The lowest BCUT2D eigenvalue weighted by molar-refractivity contribution is 0.0649. The van der Waals surface area contributed by atoms with Crippen molar-refractivity contribution < 1.29 is 17.6 Å². The molecule has 6 nitrogen and oxygen atoms in total. The topological polar surface area (TPSA) is 85.6 Å². The second-order valence-corrected chi connectivity index (χ2v) is 7.50. The number of benzene rings is 1. The number of sulfonamides is 1. The van der Waals surface area contributed by atoms with Crippen molar-refractivity contribution in [2.45, 2.75) is 42.7 Å². The van der Waals surface area contributed by atoms with Crippen molar-refractivity contribution in [2.75, 3.05) is 7.11 Å². The molecule has 0 saturated heterocycles. The second-order valence-electron chi connectivity index (χ2n) is 5.78. The van der Waals surface area contributed by atoms with E-state index in [1.54, 1.807) is 13.2 Å². The van der Waals surface area contributed by atoms with Gasteiger partial charge in [-0.3, -0.25) is 0 Å². The smallest absolute Gasteiger partial charge is 0.336 e. The molecule has 1 heterocycles. The fraction of sp³-hybridized carbons (Fsp3) is 0.438. The minimum absolute atomic E-state index is 0.0733. The molecule has 0 spiro atoms. The first-order valence-corrected chi connectivity index (χ1v) is 9.05. The third kappa shape index (κ3) is 3.63. The van der Waals surface area contributed by atoms with E-state index in [0.29, 0.717) is 11.0 Å². The molecule has 1 aliphatic carbocycles. The molecule has 2 aromatic rings. The predicted octanol–water partition coefficient (Wildman–Crippen LogP) is 2.03. The molecule has 3 rings (SSSR count). The molecule has 124 valence electrons. The minimum atomic E-state index is -3.60. The molecule has 1 saturated carbocycles. The summed E-state index contributed by atoms with van der Waals surface area (Å²) >= 11 is 0. The first-order chi connectivity index (χ1) is 11.0. The molecule has 1 fully saturated rings. The zero-order chi connectivity index (χ0) is 16.4. The van der Waals surface area contributed by atoms with Crippen molar-refractivity contribution in [1.29, 1.82) is 0 Å². The number of ether oxygens (including phenoxy) is 1. The fourth-order valence-electron chi connectivity index (χ4n) is 2.92. The van der Waals surface area contributed by atoms with Gasteiger partial charge in [-0.2, -0.15) is 0 Å². The lowest BCUT2D eigenvalue weighted by atomic mass is 9.94.